The lowest BCUT2D eigenvalue weighted by Gasteiger charge is -2.16. The molecule has 2 aliphatic rings. The number of carbonyl (C=O) groups excluding carboxylic acids is 2. The SMILES string of the molecule is O=C(CCNCC(=O)NC1CCCCCC1)NC1CC1. The van der Waals surface area contributed by atoms with Crippen LogP contribution in [-0.4, -0.2) is 37.0 Å². The van der Waals surface area contributed by atoms with E-state index in [0.717, 1.165) is 25.7 Å². The lowest BCUT2D eigenvalue weighted by atomic mass is 10.1. The Bertz CT molecular complexity index is 321. The topological polar surface area (TPSA) is 70.2 Å². The molecule has 2 rings (SSSR count). The van der Waals surface area contributed by atoms with Crippen LogP contribution in [0.4, 0.5) is 0 Å². The van der Waals surface area contributed by atoms with Gasteiger partial charge in [0.25, 0.3) is 0 Å². The van der Waals surface area contributed by atoms with Crippen molar-refractivity contribution in [3.8, 4) is 0 Å². The van der Waals surface area contributed by atoms with Crippen LogP contribution in [0.25, 0.3) is 0 Å². The first-order chi connectivity index (χ1) is 9.74. The average molecular weight is 281 g/mol. The van der Waals surface area contributed by atoms with Gasteiger partial charge in [0.15, 0.2) is 0 Å². The van der Waals surface area contributed by atoms with E-state index in [9.17, 15) is 9.59 Å². The molecule has 0 heterocycles. The van der Waals surface area contributed by atoms with Crippen molar-refractivity contribution in [2.75, 3.05) is 13.1 Å². The first-order valence-electron chi connectivity index (χ1n) is 8.03. The van der Waals surface area contributed by atoms with E-state index in [-0.39, 0.29) is 11.8 Å². The Labute approximate surface area is 121 Å². The molecule has 0 aromatic rings. The molecule has 5 nitrogen and oxygen atoms in total. The summed E-state index contributed by atoms with van der Waals surface area (Å²) in [5.41, 5.74) is 0. The van der Waals surface area contributed by atoms with Gasteiger partial charge in [-0.2, -0.15) is 0 Å². The summed E-state index contributed by atoms with van der Waals surface area (Å²) in [6.45, 7) is 0.879. The van der Waals surface area contributed by atoms with Crippen LogP contribution in [-0.2, 0) is 9.59 Å². The summed E-state index contributed by atoms with van der Waals surface area (Å²) in [6, 6.07) is 0.769. The zero-order valence-electron chi connectivity index (χ0n) is 12.2. The molecule has 0 saturated heterocycles. The molecule has 2 aliphatic carbocycles. The predicted molar refractivity (Wildman–Crippen MR) is 78.3 cm³/mol. The summed E-state index contributed by atoms with van der Waals surface area (Å²) in [4.78, 5) is 23.2. The van der Waals surface area contributed by atoms with Gasteiger partial charge < -0.3 is 16.0 Å². The minimum atomic E-state index is 0.0551. The highest BCUT2D eigenvalue weighted by molar-refractivity contribution is 5.79. The number of nitrogens with one attached hydrogen (secondary N) is 3. The summed E-state index contributed by atoms with van der Waals surface area (Å²) in [5, 5.41) is 9.06. The minimum absolute atomic E-state index is 0.0551. The highest BCUT2D eigenvalue weighted by Crippen LogP contribution is 2.18. The van der Waals surface area contributed by atoms with Gasteiger partial charge in [-0.15, -0.1) is 0 Å². The van der Waals surface area contributed by atoms with Crippen molar-refractivity contribution in [2.45, 2.75) is 69.9 Å². The zero-order chi connectivity index (χ0) is 14.2. The van der Waals surface area contributed by atoms with E-state index in [1.807, 2.05) is 0 Å². The Morgan fingerprint density at radius 2 is 1.40 bits per heavy atom. The van der Waals surface area contributed by atoms with E-state index in [0.29, 0.717) is 31.6 Å². The zero-order valence-corrected chi connectivity index (χ0v) is 12.2. The number of carbonyl (C=O) groups is 2. The van der Waals surface area contributed by atoms with Crippen molar-refractivity contribution in [3.63, 3.8) is 0 Å². The first-order valence-corrected chi connectivity index (χ1v) is 8.03. The second-order valence-corrected chi connectivity index (χ2v) is 6.02. The molecule has 3 N–H and O–H groups in total. The van der Waals surface area contributed by atoms with Crippen molar-refractivity contribution >= 4 is 11.8 Å². The monoisotopic (exact) mass is 281 g/mol. The van der Waals surface area contributed by atoms with Crippen LogP contribution in [0.15, 0.2) is 0 Å². The van der Waals surface area contributed by atoms with Crippen LogP contribution in [0.5, 0.6) is 0 Å². The fourth-order valence-corrected chi connectivity index (χ4v) is 2.63. The van der Waals surface area contributed by atoms with Crippen molar-refractivity contribution in [2.24, 2.45) is 0 Å². The van der Waals surface area contributed by atoms with Gasteiger partial charge in [0, 0.05) is 25.0 Å². The summed E-state index contributed by atoms with van der Waals surface area (Å²) in [5.74, 6) is 0.142. The van der Waals surface area contributed by atoms with Gasteiger partial charge in [-0.05, 0) is 25.7 Å². The number of amides is 2. The van der Waals surface area contributed by atoms with Gasteiger partial charge in [-0.1, -0.05) is 25.7 Å². The summed E-state index contributed by atoms with van der Waals surface area (Å²) in [7, 11) is 0. The van der Waals surface area contributed by atoms with Crippen LogP contribution >= 0.6 is 0 Å². The molecule has 114 valence electrons. The molecule has 2 amide bonds. The maximum absolute atomic E-state index is 11.8. The molecule has 2 saturated carbocycles. The number of rotatable bonds is 7. The molecule has 0 aliphatic heterocycles. The molecule has 0 atom stereocenters. The molecule has 0 radical (unpaired) electrons. The maximum atomic E-state index is 11.8. The third kappa shape index (κ3) is 6.37. The highest BCUT2D eigenvalue weighted by Gasteiger charge is 2.22. The summed E-state index contributed by atoms with van der Waals surface area (Å²) < 4.78 is 0. The van der Waals surface area contributed by atoms with Gasteiger partial charge >= 0.3 is 0 Å². The standard InChI is InChI=1S/C15H27N3O2/c19-14(17-13-7-8-13)9-10-16-11-15(20)18-12-5-3-1-2-4-6-12/h12-13,16H,1-11H2,(H,17,19)(H,18,20). The van der Waals surface area contributed by atoms with Crippen LogP contribution in [0.3, 0.4) is 0 Å². The van der Waals surface area contributed by atoms with E-state index in [4.69, 9.17) is 0 Å². The largest absolute Gasteiger partial charge is 0.353 e. The van der Waals surface area contributed by atoms with E-state index in [2.05, 4.69) is 16.0 Å². The second kappa shape index (κ2) is 8.25. The summed E-state index contributed by atoms with van der Waals surface area (Å²) in [6.07, 6.45) is 9.92. The van der Waals surface area contributed by atoms with Crippen molar-refractivity contribution in [1.82, 2.24) is 16.0 Å². The number of hydrogen-bond donors (Lipinski definition) is 3. The van der Waals surface area contributed by atoms with Gasteiger partial charge in [-0.25, -0.2) is 0 Å². The van der Waals surface area contributed by atoms with E-state index < -0.39 is 0 Å². The smallest absolute Gasteiger partial charge is 0.234 e. The third-order valence-corrected chi connectivity index (χ3v) is 3.98. The molecular weight excluding hydrogens is 254 g/mol. The Morgan fingerprint density at radius 3 is 2.05 bits per heavy atom. The normalized spacial score (nSPS) is 20.2. The Morgan fingerprint density at radius 1 is 0.800 bits per heavy atom. The fraction of sp³-hybridized carbons (Fsp3) is 0.867. The third-order valence-electron chi connectivity index (χ3n) is 3.98. The van der Waals surface area contributed by atoms with Gasteiger partial charge in [0.05, 0.1) is 6.54 Å². The molecule has 2 fully saturated rings. The molecule has 0 aromatic heterocycles. The quantitative estimate of drug-likeness (QED) is 0.483. The Kier molecular flexibility index (Phi) is 6.30. The first kappa shape index (κ1) is 15.3. The lowest BCUT2D eigenvalue weighted by molar-refractivity contribution is -0.122. The molecule has 0 aromatic carbocycles. The van der Waals surface area contributed by atoms with Crippen molar-refractivity contribution in [3.05, 3.63) is 0 Å². The number of hydrogen-bond acceptors (Lipinski definition) is 3. The van der Waals surface area contributed by atoms with Gasteiger partial charge in [0.1, 0.15) is 0 Å². The Hall–Kier alpha value is -1.10. The van der Waals surface area contributed by atoms with E-state index >= 15 is 0 Å². The van der Waals surface area contributed by atoms with Crippen molar-refractivity contribution in [1.29, 1.82) is 0 Å². The predicted octanol–water partition coefficient (Wildman–Crippen LogP) is 1.08. The Balaban J connectivity index is 1.49. The van der Waals surface area contributed by atoms with Crippen molar-refractivity contribution < 1.29 is 9.59 Å². The minimum Gasteiger partial charge on any atom is -0.353 e. The highest BCUT2D eigenvalue weighted by atomic mass is 16.2. The van der Waals surface area contributed by atoms with E-state index in [1.165, 1.54) is 25.7 Å². The van der Waals surface area contributed by atoms with Crippen LogP contribution < -0.4 is 16.0 Å². The van der Waals surface area contributed by atoms with Gasteiger partial charge in [-0.3, -0.25) is 9.59 Å². The van der Waals surface area contributed by atoms with Gasteiger partial charge in [0.2, 0.25) is 11.8 Å². The molecule has 5 heteroatoms. The molecule has 0 unspecified atom stereocenters. The maximum Gasteiger partial charge on any atom is 0.234 e. The van der Waals surface area contributed by atoms with Crippen LogP contribution in [0.2, 0.25) is 0 Å². The molecule has 0 bridgehead atoms. The van der Waals surface area contributed by atoms with E-state index in [1.54, 1.807) is 0 Å². The molecule has 20 heavy (non-hydrogen) atoms. The molecular formula is C15H27N3O2. The fourth-order valence-electron chi connectivity index (χ4n) is 2.63. The summed E-state index contributed by atoms with van der Waals surface area (Å²) >= 11 is 0. The molecule has 0 spiro atoms. The second-order valence-electron chi connectivity index (χ2n) is 6.02. The van der Waals surface area contributed by atoms with Crippen LogP contribution in [0, 0.1) is 0 Å². The van der Waals surface area contributed by atoms with Crippen LogP contribution in [0.1, 0.15) is 57.8 Å². The lowest BCUT2D eigenvalue weighted by Crippen LogP contribution is -2.41. The average Bonchev–Trinajstić information content (AvgIpc) is 3.23.